The zero-order valence-corrected chi connectivity index (χ0v) is 14.7. The third-order valence-corrected chi connectivity index (χ3v) is 4.02. The van der Waals surface area contributed by atoms with Crippen molar-refractivity contribution >= 4 is 29.3 Å². The molecule has 3 aromatic rings. The lowest BCUT2D eigenvalue weighted by Crippen LogP contribution is -2.14. The van der Waals surface area contributed by atoms with Gasteiger partial charge in [-0.2, -0.15) is 5.26 Å². The van der Waals surface area contributed by atoms with Crippen molar-refractivity contribution in [3.05, 3.63) is 82.6 Å². The molecule has 1 amide bonds. The van der Waals surface area contributed by atoms with Crippen molar-refractivity contribution in [3.63, 3.8) is 0 Å². The minimum absolute atomic E-state index is 0.0414. The summed E-state index contributed by atoms with van der Waals surface area (Å²) in [5, 5.41) is 12.7. The summed E-state index contributed by atoms with van der Waals surface area (Å²) in [6, 6.07) is 20.0. The number of carbonyl (C=O) groups excluding carboxylic acids is 1. The summed E-state index contributed by atoms with van der Waals surface area (Å²) in [5.74, 6) is 0.536. The molecule has 0 saturated carbocycles. The lowest BCUT2D eigenvalue weighted by atomic mass is 10.1. The second kappa shape index (κ2) is 7.73. The van der Waals surface area contributed by atoms with E-state index in [9.17, 15) is 10.1 Å². The Morgan fingerprint density at radius 3 is 2.69 bits per heavy atom. The molecule has 0 unspecified atom stereocenters. The van der Waals surface area contributed by atoms with Crippen molar-refractivity contribution in [1.82, 2.24) is 0 Å². The maximum absolute atomic E-state index is 12.4. The number of para-hydroxylation sites is 1. The number of rotatable bonds is 4. The zero-order chi connectivity index (χ0) is 18.5. The van der Waals surface area contributed by atoms with E-state index in [-0.39, 0.29) is 5.57 Å². The Labute approximate surface area is 156 Å². The molecular formula is C21H15ClN2O2. The molecule has 128 valence electrons. The Bertz CT molecular complexity index is 1030. The number of aryl methyl sites for hydroxylation is 1. The molecule has 3 rings (SSSR count). The van der Waals surface area contributed by atoms with Gasteiger partial charge in [-0.3, -0.25) is 4.79 Å². The highest BCUT2D eigenvalue weighted by molar-refractivity contribution is 6.30. The van der Waals surface area contributed by atoms with Crippen LogP contribution in [0.15, 0.2) is 70.7 Å². The number of hydrogen-bond donors (Lipinski definition) is 1. The van der Waals surface area contributed by atoms with Crippen molar-refractivity contribution in [1.29, 1.82) is 5.26 Å². The van der Waals surface area contributed by atoms with Crippen LogP contribution in [0, 0.1) is 18.3 Å². The van der Waals surface area contributed by atoms with Gasteiger partial charge in [0.05, 0.1) is 0 Å². The molecule has 0 spiro atoms. The molecule has 1 heterocycles. The Morgan fingerprint density at radius 1 is 1.15 bits per heavy atom. The molecule has 0 fully saturated rings. The van der Waals surface area contributed by atoms with E-state index >= 15 is 0 Å². The Hall–Kier alpha value is -3.29. The molecule has 0 bridgehead atoms. The van der Waals surface area contributed by atoms with Gasteiger partial charge in [0.15, 0.2) is 0 Å². The van der Waals surface area contributed by atoms with E-state index in [1.807, 2.05) is 43.3 Å². The van der Waals surface area contributed by atoms with Gasteiger partial charge in [0.25, 0.3) is 5.91 Å². The predicted octanol–water partition coefficient (Wildman–Crippen LogP) is 5.45. The molecule has 0 saturated heterocycles. The largest absolute Gasteiger partial charge is 0.457 e. The summed E-state index contributed by atoms with van der Waals surface area (Å²) >= 11 is 5.99. The van der Waals surface area contributed by atoms with E-state index in [1.54, 1.807) is 30.3 Å². The van der Waals surface area contributed by atoms with Crippen molar-refractivity contribution < 1.29 is 9.21 Å². The van der Waals surface area contributed by atoms with Crippen molar-refractivity contribution in [2.75, 3.05) is 5.32 Å². The Kier molecular flexibility index (Phi) is 5.21. The summed E-state index contributed by atoms with van der Waals surface area (Å²) in [7, 11) is 0. The number of carbonyl (C=O) groups is 1. The van der Waals surface area contributed by atoms with Crippen LogP contribution < -0.4 is 5.32 Å². The third-order valence-electron chi connectivity index (χ3n) is 3.78. The molecule has 0 radical (unpaired) electrons. The highest BCUT2D eigenvalue weighted by atomic mass is 35.5. The summed E-state index contributed by atoms with van der Waals surface area (Å²) in [6.45, 7) is 1.88. The lowest BCUT2D eigenvalue weighted by molar-refractivity contribution is -0.112. The molecule has 2 aromatic carbocycles. The van der Waals surface area contributed by atoms with Gasteiger partial charge < -0.3 is 9.73 Å². The van der Waals surface area contributed by atoms with Gasteiger partial charge in [-0.05, 0) is 42.8 Å². The number of furan rings is 1. The quantitative estimate of drug-likeness (QED) is 0.495. The second-order valence-electron chi connectivity index (χ2n) is 5.65. The van der Waals surface area contributed by atoms with Gasteiger partial charge >= 0.3 is 0 Å². The number of nitrogens with one attached hydrogen (secondary N) is 1. The summed E-state index contributed by atoms with van der Waals surface area (Å²) in [6.07, 6.45) is 1.42. The molecule has 1 aromatic heterocycles. The molecule has 1 N–H and O–H groups in total. The minimum atomic E-state index is -0.484. The van der Waals surface area contributed by atoms with Gasteiger partial charge in [-0.1, -0.05) is 41.9 Å². The average molecular weight is 363 g/mol. The van der Waals surface area contributed by atoms with Gasteiger partial charge in [0, 0.05) is 22.3 Å². The van der Waals surface area contributed by atoms with Crippen LogP contribution in [0.25, 0.3) is 17.4 Å². The van der Waals surface area contributed by atoms with E-state index in [2.05, 4.69) is 5.32 Å². The molecule has 0 aliphatic rings. The van der Waals surface area contributed by atoms with Gasteiger partial charge in [0.1, 0.15) is 23.2 Å². The number of nitrogens with zero attached hydrogens (tertiary/aromatic N) is 1. The smallest absolute Gasteiger partial charge is 0.266 e. The molecule has 0 atom stereocenters. The number of nitriles is 1. The number of halogens is 1. The zero-order valence-electron chi connectivity index (χ0n) is 14.0. The van der Waals surface area contributed by atoms with Crippen LogP contribution in [0.3, 0.4) is 0 Å². The number of anilines is 1. The standard InChI is InChI=1S/C21H15ClN2O2/c1-14-5-2-3-8-19(14)24-21(25)16(13-23)12-18-9-10-20(26-18)15-6-4-7-17(22)11-15/h2-12H,1H3,(H,24,25)/b16-12+. The van der Waals surface area contributed by atoms with Crippen LogP contribution in [0.2, 0.25) is 5.02 Å². The number of amides is 1. The first-order chi connectivity index (χ1) is 12.6. The van der Waals surface area contributed by atoms with E-state index in [0.29, 0.717) is 22.2 Å². The Morgan fingerprint density at radius 2 is 1.96 bits per heavy atom. The molecular weight excluding hydrogens is 348 g/mol. The number of benzene rings is 2. The van der Waals surface area contributed by atoms with Crippen LogP contribution >= 0.6 is 11.6 Å². The van der Waals surface area contributed by atoms with E-state index in [0.717, 1.165) is 11.1 Å². The van der Waals surface area contributed by atoms with E-state index in [4.69, 9.17) is 16.0 Å². The van der Waals surface area contributed by atoms with Crippen molar-refractivity contribution in [2.24, 2.45) is 0 Å². The van der Waals surface area contributed by atoms with E-state index < -0.39 is 5.91 Å². The fourth-order valence-corrected chi connectivity index (χ4v) is 2.61. The maximum Gasteiger partial charge on any atom is 0.266 e. The number of hydrogen-bond acceptors (Lipinski definition) is 3. The lowest BCUT2D eigenvalue weighted by Gasteiger charge is -2.06. The Balaban J connectivity index is 1.82. The monoisotopic (exact) mass is 362 g/mol. The summed E-state index contributed by atoms with van der Waals surface area (Å²) in [5.41, 5.74) is 2.36. The highest BCUT2D eigenvalue weighted by Gasteiger charge is 2.12. The van der Waals surface area contributed by atoms with Crippen LogP contribution in [0.1, 0.15) is 11.3 Å². The van der Waals surface area contributed by atoms with E-state index in [1.165, 1.54) is 6.08 Å². The minimum Gasteiger partial charge on any atom is -0.457 e. The van der Waals surface area contributed by atoms with Crippen LogP contribution in [-0.4, -0.2) is 5.91 Å². The van der Waals surface area contributed by atoms with Crippen LogP contribution in [-0.2, 0) is 4.79 Å². The van der Waals surface area contributed by atoms with Crippen molar-refractivity contribution in [2.45, 2.75) is 6.92 Å². The van der Waals surface area contributed by atoms with Gasteiger partial charge in [0.2, 0.25) is 0 Å². The first-order valence-corrected chi connectivity index (χ1v) is 8.29. The first-order valence-electron chi connectivity index (χ1n) is 7.91. The SMILES string of the molecule is Cc1ccccc1NC(=O)/C(C#N)=C/c1ccc(-c2cccc(Cl)c2)o1. The first kappa shape index (κ1) is 17.5. The van der Waals surface area contributed by atoms with Gasteiger partial charge in [-0.25, -0.2) is 0 Å². The molecule has 0 aliphatic carbocycles. The normalized spacial score (nSPS) is 11.0. The topological polar surface area (TPSA) is 66.0 Å². The average Bonchev–Trinajstić information content (AvgIpc) is 3.10. The summed E-state index contributed by atoms with van der Waals surface area (Å²) in [4.78, 5) is 12.4. The van der Waals surface area contributed by atoms with Gasteiger partial charge in [-0.15, -0.1) is 0 Å². The molecule has 26 heavy (non-hydrogen) atoms. The maximum atomic E-state index is 12.4. The summed E-state index contributed by atoms with van der Waals surface area (Å²) < 4.78 is 5.71. The third kappa shape index (κ3) is 4.02. The second-order valence-corrected chi connectivity index (χ2v) is 6.09. The van der Waals surface area contributed by atoms with Crippen molar-refractivity contribution in [3.8, 4) is 17.4 Å². The predicted molar refractivity (Wildman–Crippen MR) is 103 cm³/mol. The van der Waals surface area contributed by atoms with Crippen LogP contribution in [0.4, 0.5) is 5.69 Å². The highest BCUT2D eigenvalue weighted by Crippen LogP contribution is 2.26. The molecule has 5 heteroatoms. The van der Waals surface area contributed by atoms with Crippen LogP contribution in [0.5, 0.6) is 0 Å². The fraction of sp³-hybridized carbons (Fsp3) is 0.0476. The molecule has 4 nitrogen and oxygen atoms in total. The molecule has 0 aliphatic heterocycles. The fourth-order valence-electron chi connectivity index (χ4n) is 2.42.